The molecule has 9 heteroatoms. The highest BCUT2D eigenvalue weighted by Crippen LogP contribution is 2.52. The molecule has 0 unspecified atom stereocenters. The van der Waals surface area contributed by atoms with Crippen molar-refractivity contribution in [3.8, 4) is 23.0 Å². The molecule has 2 aliphatic heterocycles. The van der Waals surface area contributed by atoms with Crippen molar-refractivity contribution >= 4 is 44.8 Å². The Kier molecular flexibility index (Phi) is 5.80. The fraction of sp³-hybridized carbons (Fsp3) is 0.208. The van der Waals surface area contributed by atoms with Crippen LogP contribution in [0.2, 0.25) is 10.0 Å². The van der Waals surface area contributed by atoms with E-state index in [1.807, 2.05) is 35.3 Å². The van der Waals surface area contributed by atoms with E-state index >= 15 is 0 Å². The van der Waals surface area contributed by atoms with Crippen LogP contribution in [-0.2, 0) is 0 Å². The third-order valence-corrected chi connectivity index (χ3v) is 6.77. The summed E-state index contributed by atoms with van der Waals surface area (Å²) in [6, 6.07) is 14.2. The van der Waals surface area contributed by atoms with Gasteiger partial charge in [0.25, 0.3) is 0 Å². The van der Waals surface area contributed by atoms with Crippen LogP contribution >= 0.6 is 39.1 Å². The van der Waals surface area contributed by atoms with Gasteiger partial charge in [-0.2, -0.15) is 5.10 Å². The first-order valence-corrected chi connectivity index (χ1v) is 11.7. The van der Waals surface area contributed by atoms with E-state index < -0.39 is 6.23 Å². The second-order valence-electron chi connectivity index (χ2n) is 7.70. The standard InChI is InChI=1S/C24H19BrCl2N2O4/c1-31-21-6-3-12(7-22(21)32-2)18-11-19-15-9-14(26)10-17(27)23(15)33-24(29(19)28-18)16-8-13(25)4-5-20(16)30/h3-10,19,24,30H,11H2,1-2H3/t19-,24+/m0/s1. The molecule has 0 spiro atoms. The molecule has 170 valence electrons. The quantitative estimate of drug-likeness (QED) is 0.391. The van der Waals surface area contributed by atoms with Crippen LogP contribution in [0, 0.1) is 0 Å². The van der Waals surface area contributed by atoms with Gasteiger partial charge in [0, 0.05) is 27.0 Å². The van der Waals surface area contributed by atoms with Crippen LogP contribution in [0.4, 0.5) is 0 Å². The van der Waals surface area contributed by atoms with Crippen molar-refractivity contribution in [1.82, 2.24) is 5.01 Å². The molecule has 2 heterocycles. The Bertz CT molecular complexity index is 1280. The number of aromatic hydroxyl groups is 1. The number of methoxy groups -OCH3 is 2. The predicted octanol–water partition coefficient (Wildman–Crippen LogP) is 6.72. The number of ether oxygens (including phenoxy) is 3. The maximum absolute atomic E-state index is 10.6. The monoisotopic (exact) mass is 548 g/mol. The molecule has 0 aromatic heterocycles. The first kappa shape index (κ1) is 22.2. The van der Waals surface area contributed by atoms with Gasteiger partial charge in [0.05, 0.1) is 36.6 Å². The van der Waals surface area contributed by atoms with Gasteiger partial charge in [0.15, 0.2) is 11.5 Å². The van der Waals surface area contributed by atoms with Gasteiger partial charge < -0.3 is 19.3 Å². The molecule has 0 saturated heterocycles. The molecular weight excluding hydrogens is 531 g/mol. The molecule has 0 fully saturated rings. The Hall–Kier alpha value is -2.61. The van der Waals surface area contributed by atoms with Crippen LogP contribution in [0.5, 0.6) is 23.0 Å². The third-order valence-electron chi connectivity index (χ3n) is 5.78. The number of phenols is 1. The summed E-state index contributed by atoms with van der Waals surface area (Å²) >= 11 is 16.3. The number of hydrazone groups is 1. The lowest BCUT2D eigenvalue weighted by molar-refractivity contribution is -0.0202. The maximum atomic E-state index is 10.6. The highest BCUT2D eigenvalue weighted by Gasteiger charge is 2.43. The van der Waals surface area contributed by atoms with Gasteiger partial charge in [-0.05, 0) is 48.5 Å². The van der Waals surface area contributed by atoms with Gasteiger partial charge in [-0.15, -0.1) is 0 Å². The highest BCUT2D eigenvalue weighted by molar-refractivity contribution is 9.10. The number of benzene rings is 3. The van der Waals surface area contributed by atoms with E-state index in [1.54, 1.807) is 32.4 Å². The van der Waals surface area contributed by atoms with Crippen molar-refractivity contribution in [2.24, 2.45) is 5.10 Å². The van der Waals surface area contributed by atoms with Gasteiger partial charge >= 0.3 is 0 Å². The summed E-state index contributed by atoms with van der Waals surface area (Å²) in [5, 5.41) is 18.3. The lowest BCUT2D eigenvalue weighted by Crippen LogP contribution is -2.34. The molecule has 0 amide bonds. The minimum absolute atomic E-state index is 0.102. The van der Waals surface area contributed by atoms with Crippen molar-refractivity contribution in [3.05, 3.63) is 79.7 Å². The van der Waals surface area contributed by atoms with Gasteiger partial charge in [0.2, 0.25) is 6.23 Å². The zero-order valence-corrected chi connectivity index (χ0v) is 20.8. The Balaban J connectivity index is 1.64. The van der Waals surface area contributed by atoms with Crippen molar-refractivity contribution in [2.45, 2.75) is 18.7 Å². The van der Waals surface area contributed by atoms with Crippen molar-refractivity contribution in [3.63, 3.8) is 0 Å². The molecule has 1 N–H and O–H groups in total. The Labute approximate surface area is 209 Å². The van der Waals surface area contributed by atoms with Crippen molar-refractivity contribution < 1.29 is 19.3 Å². The van der Waals surface area contributed by atoms with E-state index in [4.69, 9.17) is 42.5 Å². The summed E-state index contributed by atoms with van der Waals surface area (Å²) in [6.07, 6.45) is -0.0929. The first-order chi connectivity index (χ1) is 15.9. The first-order valence-electron chi connectivity index (χ1n) is 10.1. The summed E-state index contributed by atoms with van der Waals surface area (Å²) in [4.78, 5) is 0. The number of halogens is 3. The fourth-order valence-corrected chi connectivity index (χ4v) is 5.17. The number of hydrogen-bond donors (Lipinski definition) is 1. The van der Waals surface area contributed by atoms with Gasteiger partial charge in [-0.25, -0.2) is 5.01 Å². The molecule has 5 rings (SSSR count). The van der Waals surface area contributed by atoms with Crippen LogP contribution in [0.25, 0.3) is 0 Å². The summed E-state index contributed by atoms with van der Waals surface area (Å²) in [5.74, 6) is 1.90. The zero-order chi connectivity index (χ0) is 23.3. The molecule has 3 aromatic carbocycles. The number of rotatable bonds is 4. The number of fused-ring (bicyclic) bond motifs is 3. The Morgan fingerprint density at radius 1 is 1.03 bits per heavy atom. The van der Waals surface area contributed by atoms with Crippen LogP contribution < -0.4 is 14.2 Å². The third kappa shape index (κ3) is 3.88. The molecule has 0 saturated carbocycles. The lowest BCUT2D eigenvalue weighted by atomic mass is 9.95. The van der Waals surface area contributed by atoms with Crippen molar-refractivity contribution in [2.75, 3.05) is 14.2 Å². The van der Waals surface area contributed by atoms with E-state index in [1.165, 1.54) is 0 Å². The van der Waals surface area contributed by atoms with E-state index in [-0.39, 0.29) is 11.8 Å². The summed E-state index contributed by atoms with van der Waals surface area (Å²) < 4.78 is 18.0. The second kappa shape index (κ2) is 8.63. The molecular formula is C24H19BrCl2N2O4. The minimum Gasteiger partial charge on any atom is -0.507 e. The average Bonchev–Trinajstić information content (AvgIpc) is 3.26. The van der Waals surface area contributed by atoms with Crippen LogP contribution in [0.3, 0.4) is 0 Å². The Morgan fingerprint density at radius 2 is 1.82 bits per heavy atom. The lowest BCUT2D eigenvalue weighted by Gasteiger charge is -2.38. The molecule has 0 bridgehead atoms. The SMILES string of the molecule is COc1ccc(C2=NN3[C@@H](c4cc(Br)ccc4O)Oc4c(Cl)cc(Cl)cc4[C@@H]3C2)cc1OC. The molecule has 2 aliphatic rings. The van der Waals surface area contributed by atoms with E-state index in [9.17, 15) is 5.11 Å². The number of hydrogen-bond acceptors (Lipinski definition) is 6. The molecule has 0 radical (unpaired) electrons. The van der Waals surface area contributed by atoms with E-state index in [2.05, 4.69) is 15.9 Å². The van der Waals surface area contributed by atoms with Gasteiger partial charge in [-0.3, -0.25) is 0 Å². The van der Waals surface area contributed by atoms with Crippen LogP contribution in [0.1, 0.15) is 35.4 Å². The second-order valence-corrected chi connectivity index (χ2v) is 9.46. The molecule has 3 aromatic rings. The summed E-state index contributed by atoms with van der Waals surface area (Å²) in [7, 11) is 3.20. The molecule has 6 nitrogen and oxygen atoms in total. The maximum Gasteiger partial charge on any atom is 0.217 e. The molecule has 0 aliphatic carbocycles. The minimum atomic E-state index is -0.684. The topological polar surface area (TPSA) is 63.5 Å². The van der Waals surface area contributed by atoms with Crippen LogP contribution in [-0.4, -0.2) is 30.0 Å². The van der Waals surface area contributed by atoms with Crippen molar-refractivity contribution in [1.29, 1.82) is 0 Å². The van der Waals surface area contributed by atoms with Gasteiger partial charge in [-0.1, -0.05) is 39.1 Å². The highest BCUT2D eigenvalue weighted by atomic mass is 79.9. The fourth-order valence-electron chi connectivity index (χ4n) is 4.23. The summed E-state index contributed by atoms with van der Waals surface area (Å²) in [6.45, 7) is 0. The largest absolute Gasteiger partial charge is 0.507 e. The number of phenolic OH excluding ortho intramolecular Hbond substituents is 1. The smallest absolute Gasteiger partial charge is 0.217 e. The van der Waals surface area contributed by atoms with E-state index in [0.29, 0.717) is 39.3 Å². The predicted molar refractivity (Wildman–Crippen MR) is 131 cm³/mol. The van der Waals surface area contributed by atoms with Gasteiger partial charge in [0.1, 0.15) is 11.5 Å². The molecule has 33 heavy (non-hydrogen) atoms. The average molecular weight is 550 g/mol. The summed E-state index contributed by atoms with van der Waals surface area (Å²) in [5.41, 5.74) is 3.16. The van der Waals surface area contributed by atoms with E-state index in [0.717, 1.165) is 21.3 Å². The zero-order valence-electron chi connectivity index (χ0n) is 17.7. The Morgan fingerprint density at radius 3 is 2.58 bits per heavy atom. The molecule has 2 atom stereocenters. The van der Waals surface area contributed by atoms with Crippen LogP contribution in [0.15, 0.2) is 58.1 Å². The number of nitrogens with zero attached hydrogens (tertiary/aromatic N) is 2. The normalized spacial score (nSPS) is 18.8.